The van der Waals surface area contributed by atoms with Crippen molar-refractivity contribution >= 4 is 11.3 Å². The molecule has 6 heterocycles. The van der Waals surface area contributed by atoms with Crippen LogP contribution in [0, 0.1) is 96.9 Å². The Morgan fingerprint density at radius 2 is 0.901 bits per heavy atom. The first-order valence-corrected chi connectivity index (χ1v) is 26.5. The van der Waals surface area contributed by atoms with Crippen LogP contribution in [0.3, 0.4) is 0 Å². The topological polar surface area (TPSA) is 97.3 Å². The first-order chi connectivity index (χ1) is 31.6. The Kier molecular flexibility index (Phi) is 21.7. The summed E-state index contributed by atoms with van der Waals surface area (Å²) in [4.78, 5) is 20.6. The quantitative estimate of drug-likeness (QED) is 0.150. The summed E-state index contributed by atoms with van der Waals surface area (Å²) in [6, 6.07) is 0. The van der Waals surface area contributed by atoms with Gasteiger partial charge in [-0.25, -0.2) is 19.9 Å². The molecule has 0 atom stereocenters. The van der Waals surface area contributed by atoms with Crippen molar-refractivity contribution in [2.45, 2.75) is 254 Å². The molecule has 10 nitrogen and oxygen atoms in total. The summed E-state index contributed by atoms with van der Waals surface area (Å²) in [5.41, 5.74) is 16.3. The van der Waals surface area contributed by atoms with Gasteiger partial charge in [0.2, 0.25) is 0 Å². The highest BCUT2D eigenvalue weighted by atomic mass is 32.1. The molecule has 0 amide bonds. The minimum Gasteiger partial charge on any atom is -0.445 e. The molecule has 0 bridgehead atoms. The number of oxazole rings is 1. The summed E-state index contributed by atoms with van der Waals surface area (Å²) in [7, 11) is 6.14. The van der Waals surface area contributed by atoms with Gasteiger partial charge in [0, 0.05) is 87.9 Å². The van der Waals surface area contributed by atoms with Crippen molar-refractivity contribution in [1.29, 1.82) is 0 Å². The van der Waals surface area contributed by atoms with E-state index in [1.807, 2.05) is 50.8 Å². The molecule has 0 unspecified atom stereocenters. The molecular weight excluding hydrogens is 895 g/mol. The summed E-state index contributed by atoms with van der Waals surface area (Å²) in [5.74, 6) is 5.05. The van der Waals surface area contributed by atoms with Crippen molar-refractivity contribution in [2.24, 2.45) is 21.1 Å². The normalized spacial score (nSPS) is 12.2. The zero-order valence-electron chi connectivity index (χ0n) is 52.3. The van der Waals surface area contributed by atoms with Crippen LogP contribution in [0.5, 0.6) is 0 Å². The number of imidazole rings is 3. The van der Waals surface area contributed by atoms with E-state index in [1.165, 1.54) is 54.9 Å². The van der Waals surface area contributed by atoms with Gasteiger partial charge in [-0.15, -0.1) is 11.3 Å². The van der Waals surface area contributed by atoms with E-state index in [4.69, 9.17) is 4.42 Å². The van der Waals surface area contributed by atoms with Crippen LogP contribution >= 0.6 is 11.3 Å². The van der Waals surface area contributed by atoms with E-state index in [1.54, 1.807) is 0 Å². The molecule has 0 aliphatic heterocycles. The van der Waals surface area contributed by atoms with Gasteiger partial charge in [0.15, 0.2) is 5.89 Å². The second-order valence-electron chi connectivity index (χ2n) is 25.9. The van der Waals surface area contributed by atoms with Crippen LogP contribution in [0.25, 0.3) is 0 Å². The molecule has 6 aromatic heterocycles. The zero-order valence-corrected chi connectivity index (χ0v) is 53.2. The third-order valence-corrected chi connectivity index (χ3v) is 14.6. The fraction of sp³-hybridized carbons (Fsp3) is 0.683. The third kappa shape index (κ3) is 17.4. The van der Waals surface area contributed by atoms with Gasteiger partial charge in [-0.1, -0.05) is 104 Å². The van der Waals surface area contributed by atoms with Gasteiger partial charge in [0.1, 0.15) is 23.2 Å². The Morgan fingerprint density at radius 1 is 0.423 bits per heavy atom. The number of thiophene rings is 1. The molecule has 0 saturated heterocycles. The van der Waals surface area contributed by atoms with E-state index in [0.717, 1.165) is 51.9 Å². The summed E-state index contributed by atoms with van der Waals surface area (Å²) in [6.45, 7) is 69.0. The maximum absolute atomic E-state index is 5.47. The second-order valence-corrected chi connectivity index (χ2v) is 27.2. The van der Waals surface area contributed by atoms with Crippen LogP contribution < -0.4 is 0 Å². The fourth-order valence-corrected chi connectivity index (χ4v) is 10.8. The molecule has 0 fully saturated rings. The Morgan fingerprint density at radius 3 is 1.07 bits per heavy atom. The monoisotopic (exact) mass is 1000 g/mol. The molecule has 0 spiro atoms. The van der Waals surface area contributed by atoms with Crippen molar-refractivity contribution in [3.63, 3.8) is 0 Å². The number of rotatable bonds is 0. The van der Waals surface area contributed by atoms with Crippen LogP contribution in [-0.4, -0.2) is 43.4 Å². The summed E-state index contributed by atoms with van der Waals surface area (Å²) >= 11 is 1.95. The van der Waals surface area contributed by atoms with E-state index in [-0.39, 0.29) is 27.2 Å². The summed E-state index contributed by atoms with van der Waals surface area (Å²) in [5, 5.41) is 4.39. The molecule has 0 radical (unpaired) electrons. The number of nitrogens with zero attached hydrogens (tertiary/aromatic N) is 9. The zero-order chi connectivity index (χ0) is 56.2. The first-order valence-electron chi connectivity index (χ1n) is 25.7. The van der Waals surface area contributed by atoms with Gasteiger partial charge < -0.3 is 18.1 Å². The van der Waals surface area contributed by atoms with Gasteiger partial charge in [0.05, 0.1) is 28.5 Å². The lowest BCUT2D eigenvalue weighted by molar-refractivity contribution is 0.380. The molecule has 6 rings (SSSR count). The van der Waals surface area contributed by atoms with E-state index in [2.05, 4.69) is 247 Å². The minimum atomic E-state index is 0.0747. The van der Waals surface area contributed by atoms with Gasteiger partial charge in [0.25, 0.3) is 0 Å². The van der Waals surface area contributed by atoms with Gasteiger partial charge in [-0.05, 0) is 133 Å². The predicted molar refractivity (Wildman–Crippen MR) is 307 cm³/mol. The van der Waals surface area contributed by atoms with Crippen LogP contribution in [-0.2, 0) is 53.8 Å². The first kappa shape index (κ1) is 64.8. The molecule has 0 aliphatic carbocycles. The molecule has 71 heavy (non-hydrogen) atoms. The van der Waals surface area contributed by atoms with E-state index in [0.29, 0.717) is 5.41 Å². The van der Waals surface area contributed by atoms with Crippen LogP contribution in [0.15, 0.2) is 4.42 Å². The highest BCUT2D eigenvalue weighted by molar-refractivity contribution is 7.12. The standard InChI is InChI=1S/C11H18S.4C10H18N2.C9H15NO/c1-7-8(2)10(11(4,5)6)12-9(7)3;1-7-9(10(3,4)5)11-8(2)12(7)6;1-7-9(10(3,4)5)12(6)8(2)11-7;1-7-9(10(3,4)5)8(2)12(6)11-7;1-7-8(2)12(9(3)11-7)10(4,5)6;1-6-8(9(3,4)5)11-7(2)10-6/h5*1-6H3;1-5H3. The maximum atomic E-state index is 5.47. The third-order valence-electron chi connectivity index (χ3n) is 12.9. The SMILES string of the molecule is Cc1nc(C(C)(C)C)c(C)n1C.Cc1nc(C)c(C(C)(C)C)o1.Cc1nc(C)n(C(C)(C)C)c1C.Cc1nc(C)n(C)c1C(C)(C)C.Cc1nn(C)c(C)c1C(C)(C)C.Cc1sc(C(C)(C)C)c(C)c1C. The summed E-state index contributed by atoms with van der Waals surface area (Å²) < 4.78 is 14.0. The van der Waals surface area contributed by atoms with Crippen LogP contribution in [0.4, 0.5) is 0 Å². The van der Waals surface area contributed by atoms with Crippen molar-refractivity contribution in [3.8, 4) is 0 Å². The van der Waals surface area contributed by atoms with Gasteiger partial charge >= 0.3 is 0 Å². The van der Waals surface area contributed by atoms with E-state index in [9.17, 15) is 0 Å². The van der Waals surface area contributed by atoms with Crippen molar-refractivity contribution in [3.05, 3.63) is 107 Å². The van der Waals surface area contributed by atoms with Crippen molar-refractivity contribution < 1.29 is 4.42 Å². The van der Waals surface area contributed by atoms with Crippen LogP contribution in [0.1, 0.15) is 231 Å². The lowest BCUT2D eigenvalue weighted by Crippen LogP contribution is -2.24. The predicted octanol–water partition coefficient (Wildman–Crippen LogP) is 16.1. The van der Waals surface area contributed by atoms with E-state index >= 15 is 0 Å². The molecule has 0 aliphatic rings. The molecule has 0 saturated carbocycles. The molecule has 0 N–H and O–H groups in total. The lowest BCUT2D eigenvalue weighted by atomic mass is 9.85. The number of aromatic nitrogens is 9. The minimum absolute atomic E-state index is 0.0747. The lowest BCUT2D eigenvalue weighted by Gasteiger charge is -2.24. The highest BCUT2D eigenvalue weighted by Gasteiger charge is 2.25. The van der Waals surface area contributed by atoms with Crippen molar-refractivity contribution in [2.75, 3.05) is 0 Å². The molecule has 402 valence electrons. The number of hydrogen-bond acceptors (Lipinski definition) is 7. The summed E-state index contributed by atoms with van der Waals surface area (Å²) in [6.07, 6.45) is 0. The molecule has 6 aromatic rings. The fourth-order valence-electron chi connectivity index (χ4n) is 9.56. The Labute approximate surface area is 439 Å². The second kappa shape index (κ2) is 23.7. The average Bonchev–Trinajstić information content (AvgIpc) is 3.95. The Balaban J connectivity index is 0.000000426. The highest BCUT2D eigenvalue weighted by Crippen LogP contribution is 2.36. The Bertz CT molecular complexity index is 2450. The van der Waals surface area contributed by atoms with Gasteiger partial charge in [-0.2, -0.15) is 5.10 Å². The van der Waals surface area contributed by atoms with E-state index < -0.39 is 0 Å². The average molecular weight is 1000 g/mol. The van der Waals surface area contributed by atoms with Crippen LogP contribution in [0.2, 0.25) is 0 Å². The number of aryl methyl sites for hydroxylation is 10. The molecule has 0 aromatic carbocycles. The number of hydrogen-bond donors (Lipinski definition) is 0. The maximum Gasteiger partial charge on any atom is 0.191 e. The molecule has 11 heteroatoms. The largest absolute Gasteiger partial charge is 0.445 e. The van der Waals surface area contributed by atoms with Gasteiger partial charge in [-0.3, -0.25) is 4.68 Å². The Hall–Kier alpha value is -4.25. The van der Waals surface area contributed by atoms with Crippen molar-refractivity contribution in [1.82, 2.24) is 43.4 Å². The molecular formula is C60H105N9OS. The smallest absolute Gasteiger partial charge is 0.191 e.